The Kier molecular flexibility index (Phi) is 6.25. The lowest BCUT2D eigenvalue weighted by molar-refractivity contribution is -0.123. The van der Waals surface area contributed by atoms with Crippen molar-refractivity contribution in [3.63, 3.8) is 0 Å². The van der Waals surface area contributed by atoms with Gasteiger partial charge in [0.25, 0.3) is 5.91 Å². The van der Waals surface area contributed by atoms with Crippen LogP contribution in [0.5, 0.6) is 0 Å². The summed E-state index contributed by atoms with van der Waals surface area (Å²) in [7, 11) is 0. The first-order chi connectivity index (χ1) is 11.5. The lowest BCUT2D eigenvalue weighted by Gasteiger charge is -2.28. The van der Waals surface area contributed by atoms with Gasteiger partial charge in [0.05, 0.1) is 11.1 Å². The highest BCUT2D eigenvalue weighted by Gasteiger charge is 2.33. The molecule has 1 aliphatic rings. The lowest BCUT2D eigenvalue weighted by atomic mass is 9.97. The second-order valence-corrected chi connectivity index (χ2v) is 6.22. The Balaban J connectivity index is 1.72. The molecule has 1 fully saturated rings. The van der Waals surface area contributed by atoms with Crippen molar-refractivity contribution in [1.82, 2.24) is 10.6 Å². The van der Waals surface area contributed by atoms with Gasteiger partial charge in [-0.1, -0.05) is 12.8 Å². The summed E-state index contributed by atoms with van der Waals surface area (Å²) < 4.78 is 26.3. The number of nitrogens with one attached hydrogen (secondary N) is 2. The van der Waals surface area contributed by atoms with Gasteiger partial charge in [-0.25, -0.2) is 8.78 Å². The van der Waals surface area contributed by atoms with Crippen molar-refractivity contribution < 1.29 is 18.4 Å². The van der Waals surface area contributed by atoms with Crippen molar-refractivity contribution >= 4 is 11.8 Å². The largest absolute Gasteiger partial charge is 0.352 e. The zero-order valence-corrected chi connectivity index (χ0v) is 13.5. The third-order valence-electron chi connectivity index (χ3n) is 4.40. The fraction of sp³-hybridized carbons (Fsp3) is 0.529. The third-order valence-corrected chi connectivity index (χ3v) is 4.40. The van der Waals surface area contributed by atoms with Gasteiger partial charge in [-0.05, 0) is 31.4 Å². The first-order valence-electron chi connectivity index (χ1n) is 8.20. The standard InChI is InChI=1S/C17H23F2N3O2/c18-12-5-6-13(14(19)10-12)16(24)21-9-3-4-15(23)22-17(11-20)7-1-2-8-17/h5-6,10H,1-4,7-9,11,20H2,(H,21,24)(H,22,23). The van der Waals surface area contributed by atoms with Gasteiger partial charge in [-0.2, -0.15) is 0 Å². The third kappa shape index (κ3) is 4.74. The molecule has 132 valence electrons. The zero-order valence-electron chi connectivity index (χ0n) is 13.5. The van der Waals surface area contributed by atoms with Crippen molar-refractivity contribution in [2.24, 2.45) is 5.73 Å². The van der Waals surface area contributed by atoms with Crippen molar-refractivity contribution in [2.45, 2.75) is 44.1 Å². The molecule has 1 aromatic carbocycles. The van der Waals surface area contributed by atoms with Gasteiger partial charge in [0.15, 0.2) is 0 Å². The molecule has 0 spiro atoms. The highest BCUT2D eigenvalue weighted by Crippen LogP contribution is 2.28. The van der Waals surface area contributed by atoms with Crippen LogP contribution in [0.4, 0.5) is 8.78 Å². The second kappa shape index (κ2) is 8.19. The van der Waals surface area contributed by atoms with E-state index < -0.39 is 17.5 Å². The van der Waals surface area contributed by atoms with E-state index in [4.69, 9.17) is 5.73 Å². The first-order valence-corrected chi connectivity index (χ1v) is 8.20. The molecule has 1 aromatic rings. The Labute approximate surface area is 140 Å². The first kappa shape index (κ1) is 18.3. The van der Waals surface area contributed by atoms with Gasteiger partial charge in [-0.3, -0.25) is 9.59 Å². The Bertz CT molecular complexity index is 601. The highest BCUT2D eigenvalue weighted by atomic mass is 19.1. The number of halogens is 2. The van der Waals surface area contributed by atoms with Crippen LogP contribution in [0.3, 0.4) is 0 Å². The monoisotopic (exact) mass is 339 g/mol. The smallest absolute Gasteiger partial charge is 0.254 e. The number of carbonyl (C=O) groups excluding carboxylic acids is 2. The van der Waals surface area contributed by atoms with Crippen molar-refractivity contribution in [3.8, 4) is 0 Å². The average Bonchev–Trinajstić information content (AvgIpc) is 3.00. The molecule has 0 unspecified atom stereocenters. The number of amides is 2. The number of rotatable bonds is 7. The van der Waals surface area contributed by atoms with E-state index in [2.05, 4.69) is 10.6 Å². The van der Waals surface area contributed by atoms with E-state index in [0.717, 1.165) is 37.8 Å². The normalized spacial score (nSPS) is 16.0. The van der Waals surface area contributed by atoms with E-state index in [9.17, 15) is 18.4 Å². The summed E-state index contributed by atoms with van der Waals surface area (Å²) in [5, 5.41) is 5.52. The van der Waals surface area contributed by atoms with Crippen molar-refractivity contribution in [2.75, 3.05) is 13.1 Å². The summed E-state index contributed by atoms with van der Waals surface area (Å²) in [6.07, 6.45) is 4.62. The molecule has 4 N–H and O–H groups in total. The summed E-state index contributed by atoms with van der Waals surface area (Å²) in [6, 6.07) is 2.79. The van der Waals surface area contributed by atoms with Gasteiger partial charge in [0.2, 0.25) is 5.91 Å². The maximum atomic E-state index is 13.5. The Morgan fingerprint density at radius 2 is 1.92 bits per heavy atom. The summed E-state index contributed by atoms with van der Waals surface area (Å²) >= 11 is 0. The maximum absolute atomic E-state index is 13.5. The van der Waals surface area contributed by atoms with E-state index in [1.54, 1.807) is 0 Å². The second-order valence-electron chi connectivity index (χ2n) is 6.22. The van der Waals surface area contributed by atoms with Gasteiger partial charge >= 0.3 is 0 Å². The lowest BCUT2D eigenvalue weighted by Crippen LogP contribution is -2.51. The number of nitrogens with two attached hydrogens (primary N) is 1. The molecule has 0 heterocycles. The fourth-order valence-electron chi connectivity index (χ4n) is 3.01. The summed E-state index contributed by atoms with van der Waals surface area (Å²) in [5.74, 6) is -2.36. The van der Waals surface area contributed by atoms with E-state index in [1.165, 1.54) is 0 Å². The summed E-state index contributed by atoms with van der Waals surface area (Å²) in [5.41, 5.74) is 5.27. The van der Waals surface area contributed by atoms with Crippen LogP contribution in [0.2, 0.25) is 0 Å². The number of hydrogen-bond donors (Lipinski definition) is 3. The average molecular weight is 339 g/mol. The van der Waals surface area contributed by atoms with Crippen LogP contribution >= 0.6 is 0 Å². The maximum Gasteiger partial charge on any atom is 0.254 e. The van der Waals surface area contributed by atoms with E-state index in [0.29, 0.717) is 19.0 Å². The van der Waals surface area contributed by atoms with Crippen LogP contribution in [0.15, 0.2) is 18.2 Å². The van der Waals surface area contributed by atoms with E-state index in [-0.39, 0.29) is 30.0 Å². The van der Waals surface area contributed by atoms with Crippen LogP contribution in [-0.4, -0.2) is 30.4 Å². The zero-order chi connectivity index (χ0) is 17.6. The minimum atomic E-state index is -0.906. The molecule has 0 aromatic heterocycles. The number of benzene rings is 1. The van der Waals surface area contributed by atoms with Crippen LogP contribution < -0.4 is 16.4 Å². The van der Waals surface area contributed by atoms with Gasteiger partial charge in [-0.15, -0.1) is 0 Å². The van der Waals surface area contributed by atoms with Crippen molar-refractivity contribution in [1.29, 1.82) is 0 Å². The summed E-state index contributed by atoms with van der Waals surface area (Å²) in [4.78, 5) is 23.8. The Morgan fingerprint density at radius 1 is 1.21 bits per heavy atom. The topological polar surface area (TPSA) is 84.2 Å². The molecular formula is C17H23F2N3O2. The molecule has 1 saturated carbocycles. The molecular weight excluding hydrogens is 316 g/mol. The minimum Gasteiger partial charge on any atom is -0.352 e. The van der Waals surface area contributed by atoms with Gasteiger partial charge < -0.3 is 16.4 Å². The summed E-state index contributed by atoms with van der Waals surface area (Å²) in [6.45, 7) is 0.665. The van der Waals surface area contributed by atoms with Gasteiger partial charge in [0, 0.05) is 25.6 Å². The molecule has 0 saturated heterocycles. The highest BCUT2D eigenvalue weighted by molar-refractivity contribution is 5.94. The van der Waals surface area contributed by atoms with Crippen LogP contribution in [-0.2, 0) is 4.79 Å². The molecule has 7 heteroatoms. The molecule has 5 nitrogen and oxygen atoms in total. The van der Waals surface area contributed by atoms with Crippen molar-refractivity contribution in [3.05, 3.63) is 35.4 Å². The molecule has 0 aliphatic heterocycles. The SMILES string of the molecule is NCC1(NC(=O)CCCNC(=O)c2ccc(F)cc2F)CCCC1. The number of carbonyl (C=O) groups is 2. The Hall–Kier alpha value is -2.02. The van der Waals surface area contributed by atoms with Crippen LogP contribution in [0, 0.1) is 11.6 Å². The molecule has 0 radical (unpaired) electrons. The molecule has 24 heavy (non-hydrogen) atoms. The van der Waals surface area contributed by atoms with Crippen LogP contribution in [0.1, 0.15) is 48.9 Å². The molecule has 2 amide bonds. The van der Waals surface area contributed by atoms with E-state index in [1.807, 2.05) is 0 Å². The van der Waals surface area contributed by atoms with Crippen LogP contribution in [0.25, 0.3) is 0 Å². The minimum absolute atomic E-state index is 0.0930. The molecule has 0 bridgehead atoms. The molecule has 2 rings (SSSR count). The van der Waals surface area contributed by atoms with E-state index >= 15 is 0 Å². The fourth-order valence-corrected chi connectivity index (χ4v) is 3.01. The molecule has 0 atom stereocenters. The predicted molar refractivity (Wildman–Crippen MR) is 86.3 cm³/mol. The quantitative estimate of drug-likeness (QED) is 0.663. The predicted octanol–water partition coefficient (Wildman–Crippen LogP) is 1.86. The molecule has 1 aliphatic carbocycles. The Morgan fingerprint density at radius 3 is 2.54 bits per heavy atom. The number of hydrogen-bond acceptors (Lipinski definition) is 3. The van der Waals surface area contributed by atoms with Gasteiger partial charge in [0.1, 0.15) is 11.6 Å².